The normalized spacial score (nSPS) is 17.2. The number of aromatic amines is 1. The average Bonchev–Trinajstić information content (AvgIpc) is 3.24. The minimum absolute atomic E-state index is 0.143. The van der Waals surface area contributed by atoms with Gasteiger partial charge in [-0.25, -0.2) is 0 Å². The Morgan fingerprint density at radius 1 is 1.12 bits per heavy atom. The number of carbonyl (C=O) groups excluding carboxylic acids is 1. The fourth-order valence-electron chi connectivity index (χ4n) is 4.67. The topological polar surface area (TPSA) is 101 Å². The first-order valence-corrected chi connectivity index (χ1v) is 12.3. The Hall–Kier alpha value is -3.04. The summed E-state index contributed by atoms with van der Waals surface area (Å²) in [5.74, 6) is 2.02. The lowest BCUT2D eigenvalue weighted by Crippen LogP contribution is -2.48. The number of halogens is 1. The van der Waals surface area contributed by atoms with Crippen molar-refractivity contribution in [3.8, 4) is 0 Å². The van der Waals surface area contributed by atoms with Crippen molar-refractivity contribution >= 4 is 51.7 Å². The molecule has 0 atom stereocenters. The number of rotatable bonds is 6. The van der Waals surface area contributed by atoms with E-state index in [1.807, 2.05) is 17.0 Å². The van der Waals surface area contributed by atoms with Gasteiger partial charge in [0.05, 0.1) is 10.4 Å². The molecule has 4 N–H and O–H groups in total. The van der Waals surface area contributed by atoms with Gasteiger partial charge in [0, 0.05) is 57.2 Å². The molecule has 5 rings (SSSR count). The first kappa shape index (κ1) is 22.7. The summed E-state index contributed by atoms with van der Waals surface area (Å²) in [6, 6.07) is 8.24. The quantitative estimate of drug-likeness (QED) is 0.427. The van der Waals surface area contributed by atoms with Crippen molar-refractivity contribution in [2.75, 3.05) is 61.3 Å². The van der Waals surface area contributed by atoms with Crippen LogP contribution in [0.25, 0.3) is 11.0 Å². The van der Waals surface area contributed by atoms with Crippen LogP contribution in [0.2, 0.25) is 5.02 Å². The number of aromatic nitrogens is 3. The van der Waals surface area contributed by atoms with Gasteiger partial charge in [0.15, 0.2) is 0 Å². The third kappa shape index (κ3) is 5.05. The molecule has 10 heteroatoms. The second-order valence-electron chi connectivity index (χ2n) is 9.00. The molecule has 34 heavy (non-hydrogen) atoms. The molecular formula is C24H31ClN8O. The van der Waals surface area contributed by atoms with Crippen LogP contribution in [-0.2, 0) is 4.79 Å². The molecule has 180 valence electrons. The summed E-state index contributed by atoms with van der Waals surface area (Å²) in [4.78, 5) is 28.3. The number of nitrogens with one attached hydrogen (secondary N) is 4. The summed E-state index contributed by atoms with van der Waals surface area (Å²) in [6.45, 7) is 7.81. The number of fused-ring (bicyclic) bond motifs is 1. The van der Waals surface area contributed by atoms with Gasteiger partial charge in [-0.1, -0.05) is 11.6 Å². The van der Waals surface area contributed by atoms with Crippen molar-refractivity contribution in [2.24, 2.45) is 5.92 Å². The van der Waals surface area contributed by atoms with Gasteiger partial charge < -0.3 is 30.7 Å². The third-order valence-electron chi connectivity index (χ3n) is 6.71. The number of H-pyrrole nitrogens is 1. The van der Waals surface area contributed by atoms with Gasteiger partial charge in [-0.15, -0.1) is 0 Å². The number of hydrogen-bond acceptors (Lipinski definition) is 7. The van der Waals surface area contributed by atoms with Crippen LogP contribution < -0.4 is 20.9 Å². The summed E-state index contributed by atoms with van der Waals surface area (Å²) in [7, 11) is 0. The second-order valence-corrected chi connectivity index (χ2v) is 9.40. The van der Waals surface area contributed by atoms with E-state index in [9.17, 15) is 4.79 Å². The van der Waals surface area contributed by atoms with E-state index >= 15 is 0 Å². The Bertz CT molecular complexity index is 1130. The fraction of sp³-hybridized carbons (Fsp3) is 0.458. The van der Waals surface area contributed by atoms with E-state index in [0.29, 0.717) is 22.5 Å². The highest BCUT2D eigenvalue weighted by Crippen LogP contribution is 2.30. The van der Waals surface area contributed by atoms with Crippen LogP contribution in [0.15, 0.2) is 30.5 Å². The highest BCUT2D eigenvalue weighted by atomic mass is 35.5. The minimum Gasteiger partial charge on any atom is -0.369 e. The Morgan fingerprint density at radius 2 is 1.85 bits per heavy atom. The van der Waals surface area contributed by atoms with Gasteiger partial charge in [-0.3, -0.25) is 4.79 Å². The molecule has 4 heterocycles. The van der Waals surface area contributed by atoms with E-state index in [-0.39, 0.29) is 5.91 Å². The van der Waals surface area contributed by atoms with E-state index < -0.39 is 0 Å². The van der Waals surface area contributed by atoms with Crippen LogP contribution in [0.1, 0.15) is 19.8 Å². The van der Waals surface area contributed by atoms with Crippen molar-refractivity contribution in [3.05, 3.63) is 35.5 Å². The lowest BCUT2D eigenvalue weighted by Gasteiger charge is -2.35. The zero-order valence-electron chi connectivity index (χ0n) is 19.4. The second kappa shape index (κ2) is 10.1. The SMILES string of the molecule is CC(=O)N1CCN(c2ccc(Nc3nc(NCC4CCNCC4)c4c(Cl)c[nH]c4n3)cc2)CC1. The van der Waals surface area contributed by atoms with E-state index in [2.05, 4.69) is 43.0 Å². The molecular weight excluding hydrogens is 452 g/mol. The summed E-state index contributed by atoms with van der Waals surface area (Å²) in [5, 5.41) is 11.7. The Balaban J connectivity index is 1.28. The zero-order chi connectivity index (χ0) is 23.5. The Morgan fingerprint density at radius 3 is 2.56 bits per heavy atom. The molecule has 2 fully saturated rings. The molecule has 2 saturated heterocycles. The lowest BCUT2D eigenvalue weighted by atomic mass is 9.98. The van der Waals surface area contributed by atoms with Crippen LogP contribution in [0.4, 0.5) is 23.1 Å². The average molecular weight is 483 g/mol. The van der Waals surface area contributed by atoms with E-state index in [4.69, 9.17) is 16.6 Å². The summed E-state index contributed by atoms with van der Waals surface area (Å²) in [5.41, 5.74) is 2.76. The molecule has 0 spiro atoms. The van der Waals surface area contributed by atoms with Crippen LogP contribution in [-0.4, -0.2) is 71.6 Å². The standard InChI is InChI=1S/C24H31ClN8O/c1-16(34)32-10-12-33(13-11-32)19-4-2-18(3-5-19)29-24-30-22(21-20(25)15-28-23(21)31-24)27-14-17-6-8-26-9-7-17/h2-5,15,17,26H,6-14H2,1H3,(H3,27,28,29,30,31). The van der Waals surface area contributed by atoms with Gasteiger partial charge in [0.25, 0.3) is 0 Å². The van der Waals surface area contributed by atoms with Crippen LogP contribution in [0, 0.1) is 5.92 Å². The van der Waals surface area contributed by atoms with Crippen LogP contribution in [0.3, 0.4) is 0 Å². The van der Waals surface area contributed by atoms with E-state index in [1.54, 1.807) is 13.1 Å². The highest BCUT2D eigenvalue weighted by molar-refractivity contribution is 6.36. The molecule has 3 aromatic rings. The third-order valence-corrected chi connectivity index (χ3v) is 7.01. The predicted molar refractivity (Wildman–Crippen MR) is 137 cm³/mol. The first-order valence-electron chi connectivity index (χ1n) is 11.9. The molecule has 0 aliphatic carbocycles. The number of benzene rings is 1. The highest BCUT2D eigenvalue weighted by Gasteiger charge is 2.19. The van der Waals surface area contributed by atoms with Crippen molar-refractivity contribution in [1.29, 1.82) is 0 Å². The number of piperidine rings is 1. The smallest absolute Gasteiger partial charge is 0.231 e. The number of amides is 1. The maximum Gasteiger partial charge on any atom is 0.231 e. The van der Waals surface area contributed by atoms with E-state index in [1.165, 1.54) is 0 Å². The van der Waals surface area contributed by atoms with Crippen molar-refractivity contribution in [2.45, 2.75) is 19.8 Å². The largest absolute Gasteiger partial charge is 0.369 e. The molecule has 9 nitrogen and oxygen atoms in total. The first-order chi connectivity index (χ1) is 16.6. The van der Waals surface area contributed by atoms with Gasteiger partial charge in [0.1, 0.15) is 11.5 Å². The molecule has 2 aromatic heterocycles. The van der Waals surface area contributed by atoms with Gasteiger partial charge in [0.2, 0.25) is 11.9 Å². The van der Waals surface area contributed by atoms with Crippen LogP contribution in [0.5, 0.6) is 0 Å². The van der Waals surface area contributed by atoms with Gasteiger partial charge >= 0.3 is 0 Å². The molecule has 1 aromatic carbocycles. The number of nitrogens with zero attached hydrogens (tertiary/aromatic N) is 4. The zero-order valence-corrected chi connectivity index (χ0v) is 20.2. The monoisotopic (exact) mass is 482 g/mol. The summed E-state index contributed by atoms with van der Waals surface area (Å²) < 4.78 is 0. The van der Waals surface area contributed by atoms with Crippen LogP contribution >= 0.6 is 11.6 Å². The predicted octanol–water partition coefficient (Wildman–Crippen LogP) is 3.43. The molecule has 2 aliphatic rings. The van der Waals surface area contributed by atoms with Crippen molar-refractivity contribution in [3.63, 3.8) is 0 Å². The number of hydrogen-bond donors (Lipinski definition) is 4. The molecule has 0 saturated carbocycles. The maximum atomic E-state index is 11.6. The summed E-state index contributed by atoms with van der Waals surface area (Å²) in [6.07, 6.45) is 4.06. The number of anilines is 4. The fourth-order valence-corrected chi connectivity index (χ4v) is 4.90. The number of carbonyl (C=O) groups is 1. The molecule has 0 unspecified atom stereocenters. The summed E-state index contributed by atoms with van der Waals surface area (Å²) >= 11 is 6.42. The molecule has 1 amide bonds. The number of piperazine rings is 1. The maximum absolute atomic E-state index is 11.6. The van der Waals surface area contributed by atoms with Crippen molar-refractivity contribution < 1.29 is 4.79 Å². The van der Waals surface area contributed by atoms with E-state index in [0.717, 1.165) is 81.2 Å². The lowest BCUT2D eigenvalue weighted by molar-refractivity contribution is -0.129. The molecule has 2 aliphatic heterocycles. The van der Waals surface area contributed by atoms with Crippen molar-refractivity contribution in [1.82, 2.24) is 25.2 Å². The molecule has 0 radical (unpaired) electrons. The Labute approximate surface area is 204 Å². The van der Waals surface area contributed by atoms with Gasteiger partial charge in [-0.2, -0.15) is 9.97 Å². The van der Waals surface area contributed by atoms with Gasteiger partial charge in [-0.05, 0) is 56.1 Å². The Kier molecular flexibility index (Phi) is 6.73. The molecule has 0 bridgehead atoms. The minimum atomic E-state index is 0.143.